The first kappa shape index (κ1) is 16.2. The number of hydrogen-bond donors (Lipinski definition) is 1. The van der Waals surface area contributed by atoms with Crippen molar-refractivity contribution in [2.24, 2.45) is 16.6 Å². The van der Waals surface area contributed by atoms with Gasteiger partial charge in [-0.3, -0.25) is 0 Å². The minimum atomic E-state index is 0.261. The van der Waals surface area contributed by atoms with Crippen LogP contribution < -0.4 is 15.2 Å². The van der Waals surface area contributed by atoms with Gasteiger partial charge in [-0.25, -0.2) is 0 Å². The summed E-state index contributed by atoms with van der Waals surface area (Å²) in [6.07, 6.45) is 5.98. The van der Waals surface area contributed by atoms with E-state index in [0.717, 1.165) is 24.5 Å². The van der Waals surface area contributed by atoms with Crippen molar-refractivity contribution in [1.82, 2.24) is 0 Å². The van der Waals surface area contributed by atoms with Crippen LogP contribution in [0.1, 0.15) is 46.0 Å². The molecule has 2 rings (SSSR count). The van der Waals surface area contributed by atoms with Crippen LogP contribution in [0.3, 0.4) is 0 Å². The SMILES string of the molecule is COc1ccccc1OCCC1(CN)CCC(C)(C)CC1. The number of para-hydroxylation sites is 2. The molecule has 0 heterocycles. The summed E-state index contributed by atoms with van der Waals surface area (Å²) < 4.78 is 11.2. The molecule has 0 saturated heterocycles. The highest BCUT2D eigenvalue weighted by Gasteiger charge is 2.37. The molecule has 118 valence electrons. The number of ether oxygens (including phenoxy) is 2. The molecule has 1 aliphatic rings. The molecule has 0 atom stereocenters. The summed E-state index contributed by atoms with van der Waals surface area (Å²) >= 11 is 0. The van der Waals surface area contributed by atoms with Crippen LogP contribution in [0.5, 0.6) is 11.5 Å². The third kappa shape index (κ3) is 4.13. The molecule has 0 radical (unpaired) electrons. The van der Waals surface area contributed by atoms with Gasteiger partial charge in [0.1, 0.15) is 0 Å². The molecule has 0 unspecified atom stereocenters. The smallest absolute Gasteiger partial charge is 0.161 e. The van der Waals surface area contributed by atoms with E-state index in [1.807, 2.05) is 24.3 Å². The van der Waals surface area contributed by atoms with Crippen LogP contribution in [0.15, 0.2) is 24.3 Å². The number of methoxy groups -OCH3 is 1. The van der Waals surface area contributed by atoms with Gasteiger partial charge in [0.15, 0.2) is 11.5 Å². The van der Waals surface area contributed by atoms with Gasteiger partial charge < -0.3 is 15.2 Å². The molecule has 1 aliphatic carbocycles. The van der Waals surface area contributed by atoms with Gasteiger partial charge in [0.25, 0.3) is 0 Å². The zero-order chi connectivity index (χ0) is 15.3. The lowest BCUT2D eigenvalue weighted by Gasteiger charge is -2.43. The van der Waals surface area contributed by atoms with Crippen LogP contribution in [-0.2, 0) is 0 Å². The zero-order valence-electron chi connectivity index (χ0n) is 13.7. The van der Waals surface area contributed by atoms with Crippen molar-refractivity contribution in [2.75, 3.05) is 20.3 Å². The van der Waals surface area contributed by atoms with E-state index in [2.05, 4.69) is 13.8 Å². The Labute approximate surface area is 128 Å². The highest BCUT2D eigenvalue weighted by molar-refractivity contribution is 5.39. The summed E-state index contributed by atoms with van der Waals surface area (Å²) in [6, 6.07) is 7.81. The van der Waals surface area contributed by atoms with Gasteiger partial charge in [-0.1, -0.05) is 26.0 Å². The lowest BCUT2D eigenvalue weighted by atomic mass is 9.64. The van der Waals surface area contributed by atoms with Gasteiger partial charge >= 0.3 is 0 Å². The summed E-state index contributed by atoms with van der Waals surface area (Å²) in [4.78, 5) is 0. The van der Waals surface area contributed by atoms with Gasteiger partial charge in [0.05, 0.1) is 13.7 Å². The summed E-state index contributed by atoms with van der Waals surface area (Å²) in [5.41, 5.74) is 6.82. The average Bonchev–Trinajstić information content (AvgIpc) is 2.50. The van der Waals surface area contributed by atoms with E-state index >= 15 is 0 Å². The normalized spacial score (nSPS) is 20.0. The lowest BCUT2D eigenvalue weighted by molar-refractivity contribution is 0.0830. The van der Waals surface area contributed by atoms with Crippen molar-refractivity contribution in [3.63, 3.8) is 0 Å². The number of nitrogens with two attached hydrogens (primary N) is 1. The van der Waals surface area contributed by atoms with Crippen molar-refractivity contribution in [1.29, 1.82) is 0 Å². The second kappa shape index (κ2) is 6.69. The van der Waals surface area contributed by atoms with Crippen molar-refractivity contribution in [3.8, 4) is 11.5 Å². The first-order chi connectivity index (χ1) is 10.0. The first-order valence-electron chi connectivity index (χ1n) is 7.96. The molecule has 0 spiro atoms. The van der Waals surface area contributed by atoms with Crippen LogP contribution >= 0.6 is 0 Å². The molecule has 0 aromatic heterocycles. The topological polar surface area (TPSA) is 44.5 Å². The third-order valence-electron chi connectivity index (χ3n) is 5.06. The fourth-order valence-electron chi connectivity index (χ4n) is 3.13. The molecule has 3 nitrogen and oxygen atoms in total. The van der Waals surface area contributed by atoms with E-state index in [1.165, 1.54) is 25.7 Å². The maximum Gasteiger partial charge on any atom is 0.161 e. The molecule has 0 amide bonds. The van der Waals surface area contributed by atoms with E-state index in [9.17, 15) is 0 Å². The second-order valence-electron chi connectivity index (χ2n) is 7.12. The first-order valence-corrected chi connectivity index (χ1v) is 7.96. The van der Waals surface area contributed by atoms with Crippen molar-refractivity contribution in [3.05, 3.63) is 24.3 Å². The molecule has 2 N–H and O–H groups in total. The van der Waals surface area contributed by atoms with Crippen LogP contribution in [0, 0.1) is 10.8 Å². The van der Waals surface area contributed by atoms with Gasteiger partial charge in [-0.15, -0.1) is 0 Å². The largest absolute Gasteiger partial charge is 0.493 e. The maximum absolute atomic E-state index is 6.08. The highest BCUT2D eigenvalue weighted by atomic mass is 16.5. The van der Waals surface area contributed by atoms with Crippen LogP contribution in [0.25, 0.3) is 0 Å². The molecule has 1 saturated carbocycles. The van der Waals surface area contributed by atoms with Gasteiger partial charge in [0, 0.05) is 0 Å². The van der Waals surface area contributed by atoms with E-state index in [4.69, 9.17) is 15.2 Å². The van der Waals surface area contributed by atoms with Crippen molar-refractivity contribution >= 4 is 0 Å². The summed E-state index contributed by atoms with van der Waals surface area (Å²) in [5, 5.41) is 0. The van der Waals surface area contributed by atoms with Crippen molar-refractivity contribution < 1.29 is 9.47 Å². The molecule has 0 bridgehead atoms. The standard InChI is InChI=1S/C18H29NO2/c1-17(2)8-10-18(14-19,11-9-17)12-13-21-16-7-5-4-6-15(16)20-3/h4-7H,8-14,19H2,1-3H3. The van der Waals surface area contributed by atoms with E-state index in [0.29, 0.717) is 12.0 Å². The molecule has 3 heteroatoms. The Morgan fingerprint density at radius 1 is 1.05 bits per heavy atom. The maximum atomic E-state index is 6.08. The second-order valence-corrected chi connectivity index (χ2v) is 7.12. The molecule has 1 aromatic carbocycles. The summed E-state index contributed by atoms with van der Waals surface area (Å²) in [7, 11) is 1.67. The third-order valence-corrected chi connectivity index (χ3v) is 5.06. The minimum absolute atomic E-state index is 0.261. The quantitative estimate of drug-likeness (QED) is 0.861. The fourth-order valence-corrected chi connectivity index (χ4v) is 3.13. The minimum Gasteiger partial charge on any atom is -0.493 e. The predicted molar refractivity (Wildman–Crippen MR) is 86.8 cm³/mol. The average molecular weight is 291 g/mol. The zero-order valence-corrected chi connectivity index (χ0v) is 13.7. The van der Waals surface area contributed by atoms with E-state index in [1.54, 1.807) is 7.11 Å². The van der Waals surface area contributed by atoms with Gasteiger partial charge in [-0.2, -0.15) is 0 Å². The van der Waals surface area contributed by atoms with E-state index < -0.39 is 0 Å². The molecule has 21 heavy (non-hydrogen) atoms. The summed E-state index contributed by atoms with van der Waals surface area (Å²) in [6.45, 7) is 6.19. The Bertz CT molecular complexity index is 446. The molecular formula is C18H29NO2. The fraction of sp³-hybridized carbons (Fsp3) is 0.667. The molecular weight excluding hydrogens is 262 g/mol. The van der Waals surface area contributed by atoms with Gasteiger partial charge in [0.2, 0.25) is 0 Å². The van der Waals surface area contributed by atoms with Gasteiger partial charge in [-0.05, 0) is 61.6 Å². The Morgan fingerprint density at radius 2 is 1.67 bits per heavy atom. The van der Waals surface area contributed by atoms with E-state index in [-0.39, 0.29) is 5.41 Å². The van der Waals surface area contributed by atoms with Crippen LogP contribution in [0.2, 0.25) is 0 Å². The monoisotopic (exact) mass is 291 g/mol. The molecule has 0 aliphatic heterocycles. The van der Waals surface area contributed by atoms with Crippen LogP contribution in [-0.4, -0.2) is 20.3 Å². The summed E-state index contributed by atoms with van der Waals surface area (Å²) in [5.74, 6) is 1.62. The predicted octanol–water partition coefficient (Wildman–Crippen LogP) is 4.01. The number of benzene rings is 1. The number of rotatable bonds is 6. The Balaban J connectivity index is 1.89. The molecule has 1 aromatic rings. The molecule has 1 fully saturated rings. The lowest BCUT2D eigenvalue weighted by Crippen LogP contribution is -2.38. The Hall–Kier alpha value is -1.22. The van der Waals surface area contributed by atoms with Crippen molar-refractivity contribution in [2.45, 2.75) is 46.0 Å². The number of hydrogen-bond acceptors (Lipinski definition) is 3. The van der Waals surface area contributed by atoms with Crippen LogP contribution in [0.4, 0.5) is 0 Å². The highest BCUT2D eigenvalue weighted by Crippen LogP contribution is 2.46. The Kier molecular flexibility index (Phi) is 5.15. The Morgan fingerprint density at radius 3 is 2.24 bits per heavy atom.